The van der Waals surface area contributed by atoms with Gasteiger partial charge in [-0.2, -0.15) is 13.2 Å². The van der Waals surface area contributed by atoms with Crippen LogP contribution >= 0.6 is 0 Å². The summed E-state index contributed by atoms with van der Waals surface area (Å²) < 4.78 is 39.8. The number of nitrogens with zero attached hydrogens (tertiary/aromatic N) is 3. The number of hydrogen-bond donors (Lipinski definition) is 1. The van der Waals surface area contributed by atoms with Gasteiger partial charge in [0.25, 0.3) is 5.91 Å². The minimum Gasteiger partial charge on any atom is -0.349 e. The van der Waals surface area contributed by atoms with Crippen molar-refractivity contribution in [3.8, 4) is 11.1 Å². The van der Waals surface area contributed by atoms with E-state index in [0.717, 1.165) is 24.2 Å². The molecule has 3 aromatic rings. The standard InChI is InChI=1S/C19H19F3N4O/c1-25(2)10-9-23-18(27)16-12-26-11-14(5-8-17(26)24-16)13-3-6-15(7-4-13)19(20,21)22/h3-8,11-12H,9-10H2,1-2H3,(H,23,27). The summed E-state index contributed by atoms with van der Waals surface area (Å²) in [6.45, 7) is 1.23. The summed E-state index contributed by atoms with van der Waals surface area (Å²) in [6.07, 6.45) is -1.02. The lowest BCUT2D eigenvalue weighted by molar-refractivity contribution is -0.137. The molecule has 1 amide bonds. The van der Waals surface area contributed by atoms with Gasteiger partial charge in [0.1, 0.15) is 11.3 Å². The molecular formula is C19H19F3N4O. The van der Waals surface area contributed by atoms with Crippen LogP contribution in [-0.2, 0) is 6.18 Å². The Morgan fingerprint density at radius 3 is 2.37 bits per heavy atom. The fraction of sp³-hybridized carbons (Fsp3) is 0.263. The van der Waals surface area contributed by atoms with Crippen molar-refractivity contribution in [2.75, 3.05) is 27.2 Å². The van der Waals surface area contributed by atoms with Crippen LogP contribution in [0.1, 0.15) is 16.1 Å². The predicted molar refractivity (Wildman–Crippen MR) is 96.5 cm³/mol. The number of nitrogens with one attached hydrogen (secondary N) is 1. The van der Waals surface area contributed by atoms with Crippen molar-refractivity contribution < 1.29 is 18.0 Å². The molecule has 0 radical (unpaired) electrons. The van der Waals surface area contributed by atoms with Crippen molar-refractivity contribution in [2.24, 2.45) is 0 Å². The van der Waals surface area contributed by atoms with Crippen LogP contribution in [0, 0.1) is 0 Å². The first kappa shape index (κ1) is 18.9. The summed E-state index contributed by atoms with van der Waals surface area (Å²) in [5, 5.41) is 2.79. The Morgan fingerprint density at radius 2 is 1.74 bits per heavy atom. The van der Waals surface area contributed by atoms with Gasteiger partial charge in [0.15, 0.2) is 0 Å². The molecule has 0 aliphatic carbocycles. The summed E-state index contributed by atoms with van der Waals surface area (Å²) in [6, 6.07) is 8.45. The fourth-order valence-corrected chi connectivity index (χ4v) is 2.61. The van der Waals surface area contributed by atoms with E-state index in [-0.39, 0.29) is 5.91 Å². The number of alkyl halides is 3. The Morgan fingerprint density at radius 1 is 1.07 bits per heavy atom. The number of carbonyl (C=O) groups excluding carboxylic acids is 1. The number of hydrogen-bond acceptors (Lipinski definition) is 3. The van der Waals surface area contributed by atoms with E-state index in [1.165, 1.54) is 12.1 Å². The third-order valence-corrected chi connectivity index (χ3v) is 4.07. The molecule has 1 N–H and O–H groups in total. The largest absolute Gasteiger partial charge is 0.416 e. The molecule has 1 aromatic carbocycles. The summed E-state index contributed by atoms with van der Waals surface area (Å²) in [4.78, 5) is 18.4. The maximum absolute atomic E-state index is 12.7. The highest BCUT2D eigenvalue weighted by molar-refractivity contribution is 5.92. The highest BCUT2D eigenvalue weighted by atomic mass is 19.4. The molecule has 0 bridgehead atoms. The van der Waals surface area contributed by atoms with Gasteiger partial charge in [0, 0.05) is 25.5 Å². The van der Waals surface area contributed by atoms with Crippen LogP contribution in [0.15, 0.2) is 48.8 Å². The highest BCUT2D eigenvalue weighted by Gasteiger charge is 2.29. The molecule has 0 saturated carbocycles. The monoisotopic (exact) mass is 376 g/mol. The molecule has 0 spiro atoms. The minimum absolute atomic E-state index is 0.267. The Hall–Kier alpha value is -2.87. The number of likely N-dealkylation sites (N-methyl/N-ethyl adjacent to an activating group) is 1. The van der Waals surface area contributed by atoms with E-state index in [4.69, 9.17) is 0 Å². The van der Waals surface area contributed by atoms with Crippen molar-refractivity contribution in [1.82, 2.24) is 19.6 Å². The first-order valence-corrected chi connectivity index (χ1v) is 8.33. The van der Waals surface area contributed by atoms with Gasteiger partial charge in [0.2, 0.25) is 0 Å². The SMILES string of the molecule is CN(C)CCNC(=O)c1cn2cc(-c3ccc(C(F)(F)F)cc3)ccc2n1. The lowest BCUT2D eigenvalue weighted by Gasteiger charge is -2.09. The molecule has 2 heterocycles. The van der Waals surface area contributed by atoms with Gasteiger partial charge < -0.3 is 14.6 Å². The average molecular weight is 376 g/mol. The van der Waals surface area contributed by atoms with E-state index in [9.17, 15) is 18.0 Å². The lowest BCUT2D eigenvalue weighted by Crippen LogP contribution is -2.31. The van der Waals surface area contributed by atoms with Gasteiger partial charge in [-0.1, -0.05) is 12.1 Å². The Labute approximate surface area is 154 Å². The van der Waals surface area contributed by atoms with E-state index in [1.807, 2.05) is 19.0 Å². The lowest BCUT2D eigenvalue weighted by atomic mass is 10.1. The Balaban J connectivity index is 1.80. The van der Waals surface area contributed by atoms with Crippen molar-refractivity contribution >= 4 is 11.6 Å². The summed E-state index contributed by atoms with van der Waals surface area (Å²) >= 11 is 0. The molecule has 0 unspecified atom stereocenters. The van der Waals surface area contributed by atoms with Crippen LogP contribution in [0.4, 0.5) is 13.2 Å². The quantitative estimate of drug-likeness (QED) is 0.743. The van der Waals surface area contributed by atoms with E-state index >= 15 is 0 Å². The molecule has 0 saturated heterocycles. The summed E-state index contributed by atoms with van der Waals surface area (Å²) in [5.41, 5.74) is 1.57. The normalized spacial score (nSPS) is 11.9. The number of amides is 1. The molecule has 0 atom stereocenters. The smallest absolute Gasteiger partial charge is 0.349 e. The second kappa shape index (κ2) is 7.40. The molecule has 3 rings (SSSR count). The van der Waals surface area contributed by atoms with Gasteiger partial charge in [-0.3, -0.25) is 4.79 Å². The second-order valence-electron chi connectivity index (χ2n) is 6.44. The molecule has 5 nitrogen and oxygen atoms in total. The first-order valence-electron chi connectivity index (χ1n) is 8.33. The van der Waals surface area contributed by atoms with Crippen LogP contribution in [0.5, 0.6) is 0 Å². The second-order valence-corrected chi connectivity index (χ2v) is 6.44. The van der Waals surface area contributed by atoms with E-state index < -0.39 is 11.7 Å². The van der Waals surface area contributed by atoms with E-state index in [1.54, 1.807) is 28.9 Å². The first-order chi connectivity index (χ1) is 12.7. The number of carbonyl (C=O) groups is 1. The molecule has 2 aromatic heterocycles. The zero-order chi connectivity index (χ0) is 19.6. The molecule has 27 heavy (non-hydrogen) atoms. The molecule has 0 aliphatic heterocycles. The third kappa shape index (κ3) is 4.46. The van der Waals surface area contributed by atoms with Crippen LogP contribution < -0.4 is 5.32 Å². The van der Waals surface area contributed by atoms with Crippen LogP contribution in [0.2, 0.25) is 0 Å². The number of aromatic nitrogens is 2. The van der Waals surface area contributed by atoms with E-state index in [0.29, 0.717) is 23.4 Å². The van der Waals surface area contributed by atoms with Gasteiger partial charge in [-0.15, -0.1) is 0 Å². The third-order valence-electron chi connectivity index (χ3n) is 4.07. The maximum Gasteiger partial charge on any atom is 0.416 e. The zero-order valence-electron chi connectivity index (χ0n) is 14.9. The van der Waals surface area contributed by atoms with E-state index in [2.05, 4.69) is 10.3 Å². The molecule has 142 valence electrons. The number of pyridine rings is 1. The number of rotatable bonds is 5. The Bertz CT molecular complexity index is 946. The van der Waals surface area contributed by atoms with Crippen molar-refractivity contribution in [1.29, 1.82) is 0 Å². The van der Waals surface area contributed by atoms with Gasteiger partial charge >= 0.3 is 6.18 Å². The van der Waals surface area contributed by atoms with Crippen LogP contribution in [0.3, 0.4) is 0 Å². The number of fused-ring (bicyclic) bond motifs is 1. The number of benzene rings is 1. The van der Waals surface area contributed by atoms with Crippen LogP contribution in [-0.4, -0.2) is 47.4 Å². The maximum atomic E-state index is 12.7. The molecule has 8 heteroatoms. The molecule has 0 aliphatic rings. The minimum atomic E-state index is -4.36. The van der Waals surface area contributed by atoms with Crippen molar-refractivity contribution in [3.63, 3.8) is 0 Å². The van der Waals surface area contributed by atoms with Crippen molar-refractivity contribution in [3.05, 3.63) is 60.0 Å². The van der Waals surface area contributed by atoms with Gasteiger partial charge in [-0.05, 0) is 49.5 Å². The summed E-state index contributed by atoms with van der Waals surface area (Å²) in [7, 11) is 3.83. The highest BCUT2D eigenvalue weighted by Crippen LogP contribution is 2.31. The predicted octanol–water partition coefficient (Wildman–Crippen LogP) is 3.31. The van der Waals surface area contributed by atoms with Gasteiger partial charge in [-0.25, -0.2) is 4.98 Å². The number of halogens is 3. The molecular weight excluding hydrogens is 357 g/mol. The van der Waals surface area contributed by atoms with Crippen molar-refractivity contribution in [2.45, 2.75) is 6.18 Å². The number of imidazole rings is 1. The van der Waals surface area contributed by atoms with Crippen LogP contribution in [0.25, 0.3) is 16.8 Å². The zero-order valence-corrected chi connectivity index (χ0v) is 14.9. The fourth-order valence-electron chi connectivity index (χ4n) is 2.61. The Kier molecular flexibility index (Phi) is 5.18. The molecule has 0 fully saturated rings. The topological polar surface area (TPSA) is 49.6 Å². The summed E-state index contributed by atoms with van der Waals surface area (Å²) in [5.74, 6) is -0.267. The average Bonchev–Trinajstić information content (AvgIpc) is 3.04. The van der Waals surface area contributed by atoms with Gasteiger partial charge in [0.05, 0.1) is 5.56 Å².